The van der Waals surface area contributed by atoms with Crippen LogP contribution in [0.5, 0.6) is 0 Å². The molecule has 0 fully saturated rings. The van der Waals surface area contributed by atoms with Gasteiger partial charge in [0, 0.05) is 12.2 Å². The van der Waals surface area contributed by atoms with Crippen molar-refractivity contribution >= 4 is 17.5 Å². The van der Waals surface area contributed by atoms with Crippen molar-refractivity contribution in [3.05, 3.63) is 42.0 Å². The van der Waals surface area contributed by atoms with E-state index in [0.29, 0.717) is 18.2 Å². The maximum Gasteiger partial charge on any atom is 0.243 e. The highest BCUT2D eigenvalue weighted by molar-refractivity contribution is 5.92. The van der Waals surface area contributed by atoms with E-state index in [-0.39, 0.29) is 18.2 Å². The van der Waals surface area contributed by atoms with Crippen LogP contribution in [0.15, 0.2) is 36.4 Å². The number of nitriles is 1. The third-order valence-electron chi connectivity index (χ3n) is 2.55. The van der Waals surface area contributed by atoms with Gasteiger partial charge in [0.2, 0.25) is 11.8 Å². The van der Waals surface area contributed by atoms with Gasteiger partial charge in [0.1, 0.15) is 6.42 Å². The number of hydrogen-bond acceptors (Lipinski definition) is 3. The monoisotopic (exact) mass is 285 g/mol. The molecule has 2 amide bonds. The minimum atomic E-state index is -0.349. The topological polar surface area (TPSA) is 82.0 Å². The Kier molecular flexibility index (Phi) is 6.69. The standard InChI is InChI=1S/C16H19N3O2/c1-12(2)6-7-15(20)18-11-13-4-3-5-14(10-13)19-16(21)8-9-17/h3-7,10,12H,8,11H2,1-2H3,(H,18,20)(H,19,21)/b7-6+. The summed E-state index contributed by atoms with van der Waals surface area (Å²) in [6.07, 6.45) is 3.16. The van der Waals surface area contributed by atoms with Gasteiger partial charge in [-0.05, 0) is 29.7 Å². The van der Waals surface area contributed by atoms with Crippen LogP contribution in [0, 0.1) is 17.2 Å². The van der Waals surface area contributed by atoms with E-state index in [2.05, 4.69) is 10.6 Å². The average Bonchev–Trinajstić information content (AvgIpc) is 2.43. The van der Waals surface area contributed by atoms with Crippen molar-refractivity contribution < 1.29 is 9.59 Å². The van der Waals surface area contributed by atoms with Gasteiger partial charge in [-0.15, -0.1) is 0 Å². The number of nitrogens with zero attached hydrogens (tertiary/aromatic N) is 1. The first kappa shape index (κ1) is 16.4. The van der Waals surface area contributed by atoms with Crippen LogP contribution in [0.1, 0.15) is 25.8 Å². The normalized spacial score (nSPS) is 10.4. The summed E-state index contributed by atoms with van der Waals surface area (Å²) in [5.41, 5.74) is 1.48. The molecule has 5 nitrogen and oxygen atoms in total. The van der Waals surface area contributed by atoms with Crippen molar-refractivity contribution in [2.24, 2.45) is 5.92 Å². The molecule has 5 heteroatoms. The molecule has 2 N–H and O–H groups in total. The summed E-state index contributed by atoms with van der Waals surface area (Å²) in [7, 11) is 0. The molecule has 0 aliphatic heterocycles. The highest BCUT2D eigenvalue weighted by Crippen LogP contribution is 2.10. The second-order valence-electron chi connectivity index (χ2n) is 4.90. The van der Waals surface area contributed by atoms with Crippen molar-refractivity contribution in [3.63, 3.8) is 0 Å². The predicted molar refractivity (Wildman–Crippen MR) is 81.1 cm³/mol. The molecular formula is C16H19N3O2. The lowest BCUT2D eigenvalue weighted by Crippen LogP contribution is -2.20. The molecule has 1 rings (SSSR count). The van der Waals surface area contributed by atoms with E-state index in [4.69, 9.17) is 5.26 Å². The minimum Gasteiger partial charge on any atom is -0.348 e. The van der Waals surface area contributed by atoms with E-state index >= 15 is 0 Å². The first-order valence-corrected chi connectivity index (χ1v) is 6.73. The van der Waals surface area contributed by atoms with E-state index in [9.17, 15) is 9.59 Å². The number of nitrogens with one attached hydrogen (secondary N) is 2. The van der Waals surface area contributed by atoms with Crippen LogP contribution in [0.3, 0.4) is 0 Å². The maximum absolute atomic E-state index is 11.6. The highest BCUT2D eigenvalue weighted by Gasteiger charge is 2.03. The van der Waals surface area contributed by atoms with Crippen LogP contribution in [-0.2, 0) is 16.1 Å². The molecule has 21 heavy (non-hydrogen) atoms. The number of allylic oxidation sites excluding steroid dienone is 1. The lowest BCUT2D eigenvalue weighted by molar-refractivity contribution is -0.117. The van der Waals surface area contributed by atoms with Crippen LogP contribution in [0.4, 0.5) is 5.69 Å². The number of amides is 2. The molecule has 110 valence electrons. The Morgan fingerprint density at radius 1 is 1.38 bits per heavy atom. The maximum atomic E-state index is 11.6. The van der Waals surface area contributed by atoms with Crippen LogP contribution in [-0.4, -0.2) is 11.8 Å². The van der Waals surface area contributed by atoms with Crippen LogP contribution in [0.2, 0.25) is 0 Å². The summed E-state index contributed by atoms with van der Waals surface area (Å²) in [4.78, 5) is 22.9. The number of benzene rings is 1. The Bertz CT molecular complexity index is 571. The second kappa shape index (κ2) is 8.54. The Hall–Kier alpha value is -2.61. The van der Waals surface area contributed by atoms with Gasteiger partial charge >= 0.3 is 0 Å². The number of carbonyl (C=O) groups excluding carboxylic acids is 2. The fourth-order valence-corrected chi connectivity index (χ4v) is 1.56. The summed E-state index contributed by atoms with van der Waals surface area (Å²) in [6.45, 7) is 4.37. The molecule has 0 spiro atoms. The SMILES string of the molecule is CC(C)/C=C/C(=O)NCc1cccc(NC(=O)CC#N)c1. The predicted octanol–water partition coefficient (Wildman–Crippen LogP) is 2.37. The second-order valence-corrected chi connectivity index (χ2v) is 4.90. The third kappa shape index (κ3) is 6.92. The van der Waals surface area contributed by atoms with Gasteiger partial charge in [0.15, 0.2) is 0 Å². The molecule has 1 aromatic rings. The fraction of sp³-hybridized carbons (Fsp3) is 0.312. The van der Waals surface area contributed by atoms with Gasteiger partial charge in [0.05, 0.1) is 6.07 Å². The zero-order valence-corrected chi connectivity index (χ0v) is 12.2. The first-order valence-electron chi connectivity index (χ1n) is 6.73. The molecule has 0 saturated heterocycles. The van der Waals surface area contributed by atoms with E-state index < -0.39 is 0 Å². The van der Waals surface area contributed by atoms with E-state index in [1.165, 1.54) is 6.08 Å². The van der Waals surface area contributed by atoms with Crippen LogP contribution in [0.25, 0.3) is 0 Å². The van der Waals surface area contributed by atoms with Crippen molar-refractivity contribution in [1.82, 2.24) is 5.32 Å². The summed E-state index contributed by atoms with van der Waals surface area (Å²) in [5.74, 6) is -0.171. The largest absolute Gasteiger partial charge is 0.348 e. The molecular weight excluding hydrogens is 266 g/mol. The zero-order valence-electron chi connectivity index (χ0n) is 12.2. The third-order valence-corrected chi connectivity index (χ3v) is 2.55. The van der Waals surface area contributed by atoms with Gasteiger partial charge in [-0.1, -0.05) is 32.1 Å². The Morgan fingerprint density at radius 2 is 2.14 bits per heavy atom. The Balaban J connectivity index is 2.55. The molecule has 0 radical (unpaired) electrons. The quantitative estimate of drug-likeness (QED) is 0.787. The molecule has 0 aliphatic rings. The zero-order chi connectivity index (χ0) is 15.7. The lowest BCUT2D eigenvalue weighted by atomic mass is 10.2. The van der Waals surface area contributed by atoms with Gasteiger partial charge in [-0.3, -0.25) is 9.59 Å². The molecule has 0 aliphatic carbocycles. The first-order chi connectivity index (χ1) is 10.0. The van der Waals surface area contributed by atoms with E-state index in [1.54, 1.807) is 24.3 Å². The lowest BCUT2D eigenvalue weighted by Gasteiger charge is -2.07. The molecule has 0 saturated carbocycles. The van der Waals surface area contributed by atoms with Crippen molar-refractivity contribution in [2.45, 2.75) is 26.8 Å². The average molecular weight is 285 g/mol. The van der Waals surface area contributed by atoms with Crippen molar-refractivity contribution in [1.29, 1.82) is 5.26 Å². The fourth-order valence-electron chi connectivity index (χ4n) is 1.56. The molecule has 0 atom stereocenters. The number of hydrogen-bond donors (Lipinski definition) is 2. The highest BCUT2D eigenvalue weighted by atomic mass is 16.2. The van der Waals surface area contributed by atoms with Gasteiger partial charge in [0.25, 0.3) is 0 Å². The Morgan fingerprint density at radius 3 is 2.81 bits per heavy atom. The van der Waals surface area contributed by atoms with E-state index in [0.717, 1.165) is 5.56 Å². The van der Waals surface area contributed by atoms with Crippen LogP contribution < -0.4 is 10.6 Å². The smallest absolute Gasteiger partial charge is 0.243 e. The molecule has 0 bridgehead atoms. The molecule has 1 aromatic carbocycles. The molecule has 0 aromatic heterocycles. The Labute approximate surface area is 124 Å². The summed E-state index contributed by atoms with van der Waals surface area (Å²) >= 11 is 0. The minimum absolute atomic E-state index is 0.150. The van der Waals surface area contributed by atoms with Crippen molar-refractivity contribution in [3.8, 4) is 6.07 Å². The van der Waals surface area contributed by atoms with Gasteiger partial charge in [-0.2, -0.15) is 5.26 Å². The summed E-state index contributed by atoms with van der Waals surface area (Å²) in [6, 6.07) is 8.93. The molecule has 0 heterocycles. The summed E-state index contributed by atoms with van der Waals surface area (Å²) in [5, 5.41) is 13.8. The number of rotatable bonds is 6. The summed E-state index contributed by atoms with van der Waals surface area (Å²) < 4.78 is 0. The number of carbonyl (C=O) groups is 2. The van der Waals surface area contributed by atoms with E-state index in [1.807, 2.05) is 26.0 Å². The number of anilines is 1. The van der Waals surface area contributed by atoms with Gasteiger partial charge < -0.3 is 10.6 Å². The van der Waals surface area contributed by atoms with Crippen molar-refractivity contribution in [2.75, 3.05) is 5.32 Å². The van der Waals surface area contributed by atoms with Gasteiger partial charge in [-0.25, -0.2) is 0 Å². The van der Waals surface area contributed by atoms with Crippen LogP contribution >= 0.6 is 0 Å². The molecule has 0 unspecified atom stereocenters.